The lowest BCUT2D eigenvalue weighted by Crippen LogP contribution is -2.58. The molecule has 7 heteroatoms. The summed E-state index contributed by atoms with van der Waals surface area (Å²) < 4.78 is -0.448. The zero-order chi connectivity index (χ0) is 17.9. The van der Waals surface area contributed by atoms with Crippen LogP contribution in [0.15, 0.2) is 24.5 Å². The Hall–Kier alpha value is -1.60. The average molecular weight is 362 g/mol. The first-order valence-electron chi connectivity index (χ1n) is 8.81. The van der Waals surface area contributed by atoms with Gasteiger partial charge in [-0.05, 0) is 31.9 Å². The predicted molar refractivity (Wildman–Crippen MR) is 99.2 cm³/mol. The van der Waals surface area contributed by atoms with Gasteiger partial charge in [-0.3, -0.25) is 19.5 Å². The Morgan fingerprint density at radius 2 is 2.20 bits per heavy atom. The zero-order valence-electron chi connectivity index (χ0n) is 14.9. The molecule has 0 unspecified atom stereocenters. The summed E-state index contributed by atoms with van der Waals surface area (Å²) in [6.07, 6.45) is 4.62. The maximum atomic E-state index is 12.8. The minimum absolute atomic E-state index is 0.0462. The van der Waals surface area contributed by atoms with Gasteiger partial charge in [0.05, 0.1) is 4.75 Å². The second-order valence-corrected chi connectivity index (χ2v) is 8.81. The summed E-state index contributed by atoms with van der Waals surface area (Å²) in [6.45, 7) is 7.94. The summed E-state index contributed by atoms with van der Waals surface area (Å²) in [5.74, 6) is 0.655. The van der Waals surface area contributed by atoms with Crippen molar-refractivity contribution in [3.8, 4) is 0 Å². The van der Waals surface area contributed by atoms with Gasteiger partial charge >= 0.3 is 0 Å². The Labute approximate surface area is 153 Å². The molecule has 136 valence electrons. The van der Waals surface area contributed by atoms with Crippen LogP contribution in [0.4, 0.5) is 0 Å². The van der Waals surface area contributed by atoms with E-state index in [1.54, 1.807) is 18.0 Å². The molecule has 2 saturated heterocycles. The number of pyridine rings is 1. The standard InChI is InChI=1S/C18H26N4O2S/c1-18(2)17(24)20-15(13-25-18)16(23)22-8-4-7-21(9-10-22)12-14-5-3-6-19-11-14/h3,5-6,11,15H,4,7-10,12-13H2,1-2H3,(H,20,24)/t15-/m0/s1. The summed E-state index contributed by atoms with van der Waals surface area (Å²) in [5, 5.41) is 2.90. The van der Waals surface area contributed by atoms with Crippen LogP contribution in [0.25, 0.3) is 0 Å². The van der Waals surface area contributed by atoms with Crippen molar-refractivity contribution >= 4 is 23.6 Å². The molecular weight excluding hydrogens is 336 g/mol. The molecule has 0 aromatic carbocycles. The number of nitrogens with one attached hydrogen (secondary N) is 1. The van der Waals surface area contributed by atoms with Gasteiger partial charge in [-0.15, -0.1) is 11.8 Å². The summed E-state index contributed by atoms with van der Waals surface area (Å²) in [4.78, 5) is 33.4. The van der Waals surface area contributed by atoms with Crippen molar-refractivity contribution in [1.29, 1.82) is 0 Å². The molecule has 0 spiro atoms. The number of carbonyl (C=O) groups excluding carboxylic acids is 2. The van der Waals surface area contributed by atoms with Gasteiger partial charge < -0.3 is 10.2 Å². The number of hydrogen-bond donors (Lipinski definition) is 1. The lowest BCUT2D eigenvalue weighted by molar-refractivity contribution is -0.136. The molecule has 2 fully saturated rings. The van der Waals surface area contributed by atoms with E-state index in [1.165, 1.54) is 5.56 Å². The number of amides is 2. The maximum absolute atomic E-state index is 12.8. The van der Waals surface area contributed by atoms with Crippen LogP contribution >= 0.6 is 11.8 Å². The minimum atomic E-state index is -0.448. The molecule has 0 saturated carbocycles. The van der Waals surface area contributed by atoms with Crippen LogP contribution in [0.5, 0.6) is 0 Å². The molecule has 1 aromatic rings. The number of rotatable bonds is 3. The van der Waals surface area contributed by atoms with Gasteiger partial charge in [-0.1, -0.05) is 6.07 Å². The van der Waals surface area contributed by atoms with Crippen molar-refractivity contribution in [2.45, 2.75) is 37.6 Å². The first-order valence-corrected chi connectivity index (χ1v) is 9.79. The smallest absolute Gasteiger partial charge is 0.246 e. The maximum Gasteiger partial charge on any atom is 0.246 e. The Bertz CT molecular complexity index is 623. The van der Waals surface area contributed by atoms with Crippen molar-refractivity contribution in [3.63, 3.8) is 0 Å². The quantitative estimate of drug-likeness (QED) is 0.873. The van der Waals surface area contributed by atoms with Gasteiger partial charge in [0.1, 0.15) is 6.04 Å². The van der Waals surface area contributed by atoms with Crippen LogP contribution in [-0.2, 0) is 16.1 Å². The largest absolute Gasteiger partial charge is 0.342 e. The first-order chi connectivity index (χ1) is 12.0. The Kier molecular flexibility index (Phi) is 5.64. The molecule has 1 atom stereocenters. The fraction of sp³-hybridized carbons (Fsp3) is 0.611. The van der Waals surface area contributed by atoms with Crippen LogP contribution in [0.1, 0.15) is 25.8 Å². The molecule has 1 N–H and O–H groups in total. The third kappa shape index (κ3) is 4.52. The molecule has 3 rings (SSSR count). The minimum Gasteiger partial charge on any atom is -0.342 e. The first kappa shape index (κ1) is 18.2. The molecular formula is C18H26N4O2S. The number of carbonyl (C=O) groups is 2. The van der Waals surface area contributed by atoms with Gasteiger partial charge in [0.2, 0.25) is 11.8 Å². The lowest BCUT2D eigenvalue weighted by atomic mass is 10.1. The number of thioether (sulfide) groups is 1. The van der Waals surface area contributed by atoms with Crippen molar-refractivity contribution in [2.75, 3.05) is 31.9 Å². The molecule has 6 nitrogen and oxygen atoms in total. The van der Waals surface area contributed by atoms with Crippen LogP contribution in [0, 0.1) is 0 Å². The van der Waals surface area contributed by atoms with E-state index >= 15 is 0 Å². The van der Waals surface area contributed by atoms with Gasteiger partial charge in [0, 0.05) is 50.9 Å². The van der Waals surface area contributed by atoms with E-state index in [0.717, 1.165) is 32.6 Å². The van der Waals surface area contributed by atoms with E-state index in [9.17, 15) is 9.59 Å². The lowest BCUT2D eigenvalue weighted by Gasteiger charge is -2.35. The van der Waals surface area contributed by atoms with Gasteiger partial charge in [-0.2, -0.15) is 0 Å². The molecule has 0 aliphatic carbocycles. The topological polar surface area (TPSA) is 65.5 Å². The second kappa shape index (κ2) is 7.74. The van der Waals surface area contributed by atoms with Gasteiger partial charge in [-0.25, -0.2) is 0 Å². The fourth-order valence-electron chi connectivity index (χ4n) is 3.18. The Morgan fingerprint density at radius 3 is 2.92 bits per heavy atom. The van der Waals surface area contributed by atoms with Crippen LogP contribution in [-0.4, -0.2) is 69.3 Å². The monoisotopic (exact) mass is 362 g/mol. The van der Waals surface area contributed by atoms with E-state index < -0.39 is 10.8 Å². The zero-order valence-corrected chi connectivity index (χ0v) is 15.7. The van der Waals surface area contributed by atoms with E-state index in [0.29, 0.717) is 12.3 Å². The highest BCUT2D eigenvalue weighted by Crippen LogP contribution is 2.29. The van der Waals surface area contributed by atoms with Gasteiger partial charge in [0.25, 0.3) is 0 Å². The summed E-state index contributed by atoms with van der Waals surface area (Å²) in [6, 6.07) is 3.64. The van der Waals surface area contributed by atoms with Crippen LogP contribution in [0.2, 0.25) is 0 Å². The number of nitrogens with zero attached hydrogens (tertiary/aromatic N) is 3. The predicted octanol–water partition coefficient (Wildman–Crippen LogP) is 1.13. The SMILES string of the molecule is CC1(C)SC[C@@H](C(=O)N2CCCN(Cc3cccnc3)CC2)NC1=O. The van der Waals surface area contributed by atoms with E-state index in [-0.39, 0.29) is 11.8 Å². The molecule has 3 heterocycles. The van der Waals surface area contributed by atoms with Crippen LogP contribution < -0.4 is 5.32 Å². The second-order valence-electron chi connectivity index (χ2n) is 7.16. The molecule has 2 amide bonds. The fourth-order valence-corrected chi connectivity index (χ4v) is 4.18. The third-order valence-electron chi connectivity index (χ3n) is 4.79. The van der Waals surface area contributed by atoms with Gasteiger partial charge in [0.15, 0.2) is 0 Å². The van der Waals surface area contributed by atoms with Crippen molar-refractivity contribution < 1.29 is 9.59 Å². The molecule has 0 radical (unpaired) electrons. The summed E-state index contributed by atoms with van der Waals surface area (Å²) >= 11 is 1.56. The molecule has 25 heavy (non-hydrogen) atoms. The molecule has 1 aromatic heterocycles. The highest BCUT2D eigenvalue weighted by atomic mass is 32.2. The molecule has 0 bridgehead atoms. The average Bonchev–Trinajstić information content (AvgIpc) is 2.83. The normalized spacial score (nSPS) is 24.5. The summed E-state index contributed by atoms with van der Waals surface area (Å²) in [5.41, 5.74) is 1.19. The highest BCUT2D eigenvalue weighted by Gasteiger charge is 2.39. The highest BCUT2D eigenvalue weighted by molar-refractivity contribution is 8.01. The van der Waals surface area contributed by atoms with E-state index in [1.807, 2.05) is 31.0 Å². The Morgan fingerprint density at radius 1 is 1.36 bits per heavy atom. The Balaban J connectivity index is 1.54. The number of aromatic nitrogens is 1. The molecule has 2 aliphatic rings. The van der Waals surface area contributed by atoms with Crippen molar-refractivity contribution in [3.05, 3.63) is 30.1 Å². The third-order valence-corrected chi connectivity index (χ3v) is 6.20. The number of hydrogen-bond acceptors (Lipinski definition) is 5. The van der Waals surface area contributed by atoms with E-state index in [4.69, 9.17) is 0 Å². The summed E-state index contributed by atoms with van der Waals surface area (Å²) in [7, 11) is 0. The van der Waals surface area contributed by atoms with E-state index in [2.05, 4.69) is 21.3 Å². The van der Waals surface area contributed by atoms with Crippen molar-refractivity contribution in [1.82, 2.24) is 20.1 Å². The van der Waals surface area contributed by atoms with Crippen LogP contribution in [0.3, 0.4) is 0 Å². The van der Waals surface area contributed by atoms with Crippen molar-refractivity contribution in [2.24, 2.45) is 0 Å². The molecule has 2 aliphatic heterocycles.